The van der Waals surface area contributed by atoms with Gasteiger partial charge in [0.15, 0.2) is 6.10 Å². The number of aromatic nitrogens is 2. The van der Waals surface area contributed by atoms with Crippen LogP contribution >= 0.6 is 23.3 Å². The van der Waals surface area contributed by atoms with Gasteiger partial charge in [0.05, 0.1) is 5.69 Å². The molecule has 1 aliphatic rings. The van der Waals surface area contributed by atoms with Crippen LogP contribution in [0, 0.1) is 6.92 Å². The molecule has 0 bridgehead atoms. The fourth-order valence-corrected chi connectivity index (χ4v) is 5.02. The van der Waals surface area contributed by atoms with E-state index in [4.69, 9.17) is 5.14 Å². The van der Waals surface area contributed by atoms with Crippen LogP contribution in [0.5, 0.6) is 0 Å². The molecule has 1 atom stereocenters. The zero-order valence-corrected chi connectivity index (χ0v) is 22.1. The molecule has 3 N–H and O–H groups in total. The zero-order chi connectivity index (χ0) is 26.3. The molecule has 36 heavy (non-hydrogen) atoms. The second kappa shape index (κ2) is 12.7. The highest BCUT2D eigenvalue weighted by molar-refractivity contribution is 7.97. The van der Waals surface area contributed by atoms with Gasteiger partial charge in [-0.05, 0) is 60.5 Å². The fourth-order valence-electron chi connectivity index (χ4n) is 3.43. The number of fused-ring (bicyclic) bond motifs is 1. The number of aliphatic hydroxyl groups excluding tert-OH is 1. The van der Waals surface area contributed by atoms with Crippen molar-refractivity contribution in [2.24, 2.45) is 5.14 Å². The van der Waals surface area contributed by atoms with Gasteiger partial charge in [0.1, 0.15) is 0 Å². The van der Waals surface area contributed by atoms with Crippen molar-refractivity contribution in [1.82, 2.24) is 9.97 Å². The van der Waals surface area contributed by atoms with Crippen molar-refractivity contribution in [1.29, 1.82) is 0 Å². The van der Waals surface area contributed by atoms with Crippen LogP contribution in [-0.2, 0) is 6.42 Å². The van der Waals surface area contributed by atoms with Crippen molar-refractivity contribution in [2.75, 3.05) is 0 Å². The predicted octanol–water partition coefficient (Wildman–Crippen LogP) is 7.64. The molecule has 0 radical (unpaired) electrons. The number of halogens is 3. The second-order valence-electron chi connectivity index (χ2n) is 8.13. The van der Waals surface area contributed by atoms with E-state index in [-0.39, 0.29) is 5.56 Å². The van der Waals surface area contributed by atoms with Crippen molar-refractivity contribution in [3.63, 3.8) is 0 Å². The van der Waals surface area contributed by atoms with Crippen molar-refractivity contribution in [3.05, 3.63) is 82.6 Å². The Morgan fingerprint density at radius 3 is 2.44 bits per heavy atom. The van der Waals surface area contributed by atoms with Crippen molar-refractivity contribution >= 4 is 33.4 Å². The highest BCUT2D eigenvalue weighted by Crippen LogP contribution is 2.37. The molecule has 9 heteroatoms. The Morgan fingerprint density at radius 2 is 1.83 bits per heavy atom. The van der Waals surface area contributed by atoms with Gasteiger partial charge in [-0.25, -0.2) is 0 Å². The molecule has 1 saturated carbocycles. The number of pyridine rings is 2. The van der Waals surface area contributed by atoms with Crippen LogP contribution in [0.15, 0.2) is 60.9 Å². The minimum Gasteiger partial charge on any atom is -0.379 e. The molecule has 1 aliphatic carbocycles. The summed E-state index contributed by atoms with van der Waals surface area (Å²) in [5.74, 6) is 0. The number of thiophene rings is 1. The monoisotopic (exact) mass is 533 g/mol. The summed E-state index contributed by atoms with van der Waals surface area (Å²) in [6, 6.07) is 14.1. The Bertz CT molecular complexity index is 1270. The third-order valence-electron chi connectivity index (χ3n) is 5.46. The molecule has 5 rings (SSSR count). The largest absolute Gasteiger partial charge is 0.418 e. The Kier molecular flexibility index (Phi) is 9.90. The van der Waals surface area contributed by atoms with Crippen molar-refractivity contribution in [3.8, 4) is 11.3 Å². The summed E-state index contributed by atoms with van der Waals surface area (Å²) in [6.07, 6.45) is -0.809. The summed E-state index contributed by atoms with van der Waals surface area (Å²) in [5, 5.41) is 16.6. The quantitative estimate of drug-likeness (QED) is 0.258. The Hall–Kier alpha value is -2.46. The molecule has 1 aromatic carbocycles. The van der Waals surface area contributed by atoms with Gasteiger partial charge in [-0.3, -0.25) is 15.1 Å². The first-order valence-electron chi connectivity index (χ1n) is 11.7. The minimum atomic E-state index is -4.72. The number of nitrogens with two attached hydrogens (primary N) is 1. The van der Waals surface area contributed by atoms with Gasteiger partial charge in [-0.1, -0.05) is 50.1 Å². The van der Waals surface area contributed by atoms with E-state index >= 15 is 0 Å². The minimum absolute atomic E-state index is 0.222. The van der Waals surface area contributed by atoms with Crippen LogP contribution in [0.4, 0.5) is 13.2 Å². The molecule has 192 valence electrons. The van der Waals surface area contributed by atoms with E-state index in [1.54, 1.807) is 17.5 Å². The Morgan fingerprint density at radius 1 is 1.08 bits per heavy atom. The molecule has 0 spiro atoms. The zero-order valence-electron chi connectivity index (χ0n) is 20.4. The SMILES string of the molecule is CC.Cc1cccnc1Cc1cc2cccc(-c3cc([C@@H](O)C(F)(F)F)ccn3)c2s1.NSC1CC1. The smallest absolute Gasteiger partial charge is 0.379 e. The molecule has 0 unspecified atom stereocenters. The molecule has 1 fully saturated rings. The molecule has 3 heterocycles. The number of hydrogen-bond acceptors (Lipinski definition) is 6. The van der Waals surface area contributed by atoms with E-state index in [9.17, 15) is 18.3 Å². The maximum absolute atomic E-state index is 12.9. The highest BCUT2D eigenvalue weighted by Gasteiger charge is 2.39. The van der Waals surface area contributed by atoms with Crippen molar-refractivity contribution < 1.29 is 18.3 Å². The summed E-state index contributed by atoms with van der Waals surface area (Å²) in [4.78, 5) is 9.80. The van der Waals surface area contributed by atoms with Gasteiger partial charge in [-0.15, -0.1) is 11.3 Å². The summed E-state index contributed by atoms with van der Waals surface area (Å²) in [6.45, 7) is 6.02. The lowest BCUT2D eigenvalue weighted by Crippen LogP contribution is -2.20. The number of hydrogen-bond donors (Lipinski definition) is 2. The fraction of sp³-hybridized carbons (Fsp3) is 0.333. The van der Waals surface area contributed by atoms with Gasteiger partial charge in [0, 0.05) is 44.9 Å². The Labute approximate surface area is 217 Å². The molecule has 0 aliphatic heterocycles. The standard InChI is InChI=1S/C22H17F3N2OS.C3H7NS.C2H6/c1-13-4-3-8-26-18(13)12-16-10-14-5-2-6-17(20(14)29-16)19-11-15(7-9-27-19)21(28)22(23,24)25;4-5-3-1-2-3;1-2/h2-11,21,28H,12H2,1H3;3H,1-2,4H2;1-2H3/t21-;;/m1../s1. The number of aryl methyl sites for hydroxylation is 1. The molecule has 4 aromatic rings. The van der Waals surface area contributed by atoms with E-state index in [0.717, 1.165) is 37.0 Å². The summed E-state index contributed by atoms with van der Waals surface area (Å²) in [5.41, 5.74) is 3.03. The van der Waals surface area contributed by atoms with E-state index in [2.05, 4.69) is 16.0 Å². The molecular formula is C27H30F3N3OS2. The van der Waals surface area contributed by atoms with Gasteiger partial charge in [-0.2, -0.15) is 13.2 Å². The van der Waals surface area contributed by atoms with E-state index in [1.165, 1.54) is 43.1 Å². The first kappa shape index (κ1) is 28.1. The number of aliphatic hydroxyl groups is 1. The molecule has 4 nitrogen and oxygen atoms in total. The van der Waals surface area contributed by atoms with Crippen LogP contribution < -0.4 is 5.14 Å². The van der Waals surface area contributed by atoms with Crippen LogP contribution in [-0.4, -0.2) is 26.5 Å². The van der Waals surface area contributed by atoms with Gasteiger partial charge in [0.25, 0.3) is 0 Å². The van der Waals surface area contributed by atoms with Gasteiger partial charge < -0.3 is 5.11 Å². The summed E-state index contributed by atoms with van der Waals surface area (Å²) >= 11 is 3.07. The normalized spacial score (nSPS) is 13.9. The lowest BCUT2D eigenvalue weighted by Gasteiger charge is -2.15. The third kappa shape index (κ3) is 7.29. The third-order valence-corrected chi connectivity index (χ3v) is 7.50. The topological polar surface area (TPSA) is 72.0 Å². The highest BCUT2D eigenvalue weighted by atomic mass is 32.2. The first-order chi connectivity index (χ1) is 17.3. The summed E-state index contributed by atoms with van der Waals surface area (Å²) < 4.78 is 39.6. The average molecular weight is 534 g/mol. The lowest BCUT2D eigenvalue weighted by molar-refractivity contribution is -0.206. The van der Waals surface area contributed by atoms with Crippen LogP contribution in [0.25, 0.3) is 21.3 Å². The van der Waals surface area contributed by atoms with Crippen molar-refractivity contribution in [2.45, 2.75) is 57.6 Å². The van der Waals surface area contributed by atoms with E-state index in [0.29, 0.717) is 12.1 Å². The first-order valence-corrected chi connectivity index (χ1v) is 13.5. The number of nitrogens with zero attached hydrogens (tertiary/aromatic N) is 2. The molecular weight excluding hydrogens is 503 g/mol. The molecule has 0 amide bonds. The molecule has 0 saturated heterocycles. The molecule has 3 aromatic heterocycles. The van der Waals surface area contributed by atoms with E-state index < -0.39 is 12.3 Å². The maximum atomic E-state index is 12.9. The Balaban J connectivity index is 0.000000452. The number of benzene rings is 1. The predicted molar refractivity (Wildman–Crippen MR) is 144 cm³/mol. The van der Waals surface area contributed by atoms with Gasteiger partial charge in [0.2, 0.25) is 0 Å². The maximum Gasteiger partial charge on any atom is 0.418 e. The van der Waals surface area contributed by atoms with Crippen LogP contribution in [0.3, 0.4) is 0 Å². The van der Waals surface area contributed by atoms with Crippen LogP contribution in [0.1, 0.15) is 54.5 Å². The summed E-state index contributed by atoms with van der Waals surface area (Å²) in [7, 11) is 0. The average Bonchev–Trinajstić information content (AvgIpc) is 3.64. The lowest BCUT2D eigenvalue weighted by atomic mass is 10.0. The van der Waals surface area contributed by atoms with Gasteiger partial charge >= 0.3 is 6.18 Å². The second-order valence-corrected chi connectivity index (χ2v) is 10.2. The number of rotatable bonds is 5. The van der Waals surface area contributed by atoms with E-state index in [1.807, 2.05) is 51.1 Å². The number of alkyl halides is 3. The van der Waals surface area contributed by atoms with Crippen LogP contribution in [0.2, 0.25) is 0 Å².